The summed E-state index contributed by atoms with van der Waals surface area (Å²) in [6.45, 7) is 9.52. The highest BCUT2D eigenvalue weighted by Gasteiger charge is 2.16. The molecule has 26 heavy (non-hydrogen) atoms. The van der Waals surface area contributed by atoms with E-state index in [0.29, 0.717) is 59.4 Å². The minimum absolute atomic E-state index is 0.216. The van der Waals surface area contributed by atoms with Crippen LogP contribution in [-0.2, 0) is 23.7 Å². The highest BCUT2D eigenvalue weighted by atomic mass is 16.6. The molecule has 0 aliphatic carbocycles. The molecule has 0 amide bonds. The van der Waals surface area contributed by atoms with Crippen LogP contribution in [0, 0.1) is 12.3 Å². The van der Waals surface area contributed by atoms with Crippen molar-refractivity contribution in [3.05, 3.63) is 0 Å². The first kappa shape index (κ1) is 22.8. The maximum Gasteiger partial charge on any atom is 0.304 e. The zero-order valence-electron chi connectivity index (χ0n) is 15.6. The minimum Gasteiger partial charge on any atom is -0.481 e. The largest absolute Gasteiger partial charge is 0.481 e. The van der Waals surface area contributed by atoms with Gasteiger partial charge in [-0.05, 0) is 0 Å². The lowest BCUT2D eigenvalue weighted by molar-refractivity contribution is -0.137. The Labute approximate surface area is 156 Å². The third kappa shape index (κ3) is 13.1. The van der Waals surface area contributed by atoms with Gasteiger partial charge in [0, 0.05) is 39.3 Å². The average molecular weight is 372 g/mol. The number of carbonyl (C=O) groups is 1. The van der Waals surface area contributed by atoms with E-state index in [-0.39, 0.29) is 6.42 Å². The molecule has 1 aliphatic heterocycles. The predicted molar refractivity (Wildman–Crippen MR) is 97.2 cm³/mol. The molecule has 1 fully saturated rings. The highest BCUT2D eigenvalue weighted by molar-refractivity contribution is 5.66. The molecule has 0 aromatic heterocycles. The lowest BCUT2D eigenvalue weighted by atomic mass is 10.3. The molecule has 0 atom stereocenters. The number of terminal acetylenes is 1. The van der Waals surface area contributed by atoms with Crippen LogP contribution >= 0.6 is 0 Å². The van der Waals surface area contributed by atoms with Gasteiger partial charge in [0.25, 0.3) is 0 Å². The molecule has 1 N–H and O–H groups in total. The molecule has 8 heteroatoms. The van der Waals surface area contributed by atoms with Crippen molar-refractivity contribution in [3.8, 4) is 12.3 Å². The summed E-state index contributed by atoms with van der Waals surface area (Å²) in [4.78, 5) is 15.1. The van der Waals surface area contributed by atoms with E-state index in [1.165, 1.54) is 0 Å². The first-order chi connectivity index (χ1) is 12.7. The third-order valence-electron chi connectivity index (χ3n) is 3.96. The molecular weight excluding hydrogens is 340 g/mol. The van der Waals surface area contributed by atoms with Gasteiger partial charge < -0.3 is 29.0 Å². The van der Waals surface area contributed by atoms with Crippen LogP contribution in [0.5, 0.6) is 0 Å². The molecule has 0 aromatic carbocycles. The van der Waals surface area contributed by atoms with Crippen molar-refractivity contribution in [2.75, 3.05) is 92.1 Å². The number of hydrogen-bond acceptors (Lipinski definition) is 7. The smallest absolute Gasteiger partial charge is 0.304 e. The lowest BCUT2D eigenvalue weighted by Gasteiger charge is -2.34. The zero-order chi connectivity index (χ0) is 18.9. The molecule has 0 spiro atoms. The van der Waals surface area contributed by atoms with Crippen molar-refractivity contribution in [2.45, 2.75) is 6.42 Å². The minimum atomic E-state index is -0.733. The van der Waals surface area contributed by atoms with Crippen molar-refractivity contribution in [3.63, 3.8) is 0 Å². The summed E-state index contributed by atoms with van der Waals surface area (Å²) in [6.07, 6.45) is 5.27. The summed E-state index contributed by atoms with van der Waals surface area (Å²) in [5.41, 5.74) is 0. The Kier molecular flexibility index (Phi) is 14.0. The number of hydrogen-bond donors (Lipinski definition) is 1. The van der Waals surface area contributed by atoms with Gasteiger partial charge in [0.2, 0.25) is 0 Å². The number of carboxylic acid groups (broad SMARTS) is 1. The molecule has 1 aliphatic rings. The summed E-state index contributed by atoms with van der Waals surface area (Å²) in [5, 5.41) is 8.70. The molecule has 1 rings (SSSR count). The molecule has 0 aromatic rings. The van der Waals surface area contributed by atoms with E-state index >= 15 is 0 Å². The Morgan fingerprint density at radius 3 is 1.77 bits per heavy atom. The summed E-state index contributed by atoms with van der Waals surface area (Å²) in [6, 6.07) is 0. The summed E-state index contributed by atoms with van der Waals surface area (Å²) < 4.78 is 21.4. The standard InChI is InChI=1S/C18H32N2O6/c1-2-10-23-12-14-25-16-17-26-15-13-24-11-9-20-7-5-19(6-8-20)4-3-18(21)22/h1H,3-17H2,(H,21,22). The monoisotopic (exact) mass is 372 g/mol. The summed E-state index contributed by atoms with van der Waals surface area (Å²) in [5.74, 6) is 1.66. The second-order valence-corrected chi connectivity index (χ2v) is 5.92. The Balaban J connectivity index is 1.80. The van der Waals surface area contributed by atoms with Gasteiger partial charge >= 0.3 is 5.97 Å². The topological polar surface area (TPSA) is 80.7 Å². The molecule has 150 valence electrons. The number of aliphatic carboxylic acids is 1. The molecular formula is C18H32N2O6. The summed E-state index contributed by atoms with van der Waals surface area (Å²) in [7, 11) is 0. The van der Waals surface area contributed by atoms with Gasteiger partial charge in [0.1, 0.15) is 6.61 Å². The van der Waals surface area contributed by atoms with Crippen molar-refractivity contribution in [1.29, 1.82) is 0 Å². The maximum atomic E-state index is 10.6. The van der Waals surface area contributed by atoms with Crippen LogP contribution in [0.2, 0.25) is 0 Å². The van der Waals surface area contributed by atoms with E-state index in [4.69, 9.17) is 30.5 Å². The molecule has 0 saturated carbocycles. The number of carboxylic acids is 1. The molecule has 1 saturated heterocycles. The molecule has 8 nitrogen and oxygen atoms in total. The van der Waals surface area contributed by atoms with Gasteiger partial charge in [0.15, 0.2) is 0 Å². The van der Waals surface area contributed by atoms with E-state index in [0.717, 1.165) is 32.7 Å². The molecule has 0 radical (unpaired) electrons. The van der Waals surface area contributed by atoms with Crippen LogP contribution in [0.15, 0.2) is 0 Å². The quantitative estimate of drug-likeness (QED) is 0.294. The third-order valence-corrected chi connectivity index (χ3v) is 3.96. The van der Waals surface area contributed by atoms with Crippen LogP contribution in [0.25, 0.3) is 0 Å². The van der Waals surface area contributed by atoms with Crippen LogP contribution in [-0.4, -0.2) is 113 Å². The van der Waals surface area contributed by atoms with Crippen molar-refractivity contribution < 1.29 is 28.8 Å². The van der Waals surface area contributed by atoms with E-state index in [1.54, 1.807) is 0 Å². The number of rotatable bonds is 16. The molecule has 1 heterocycles. The second kappa shape index (κ2) is 16.0. The van der Waals surface area contributed by atoms with Gasteiger partial charge in [-0.2, -0.15) is 0 Å². The number of nitrogens with zero attached hydrogens (tertiary/aromatic N) is 2. The highest BCUT2D eigenvalue weighted by Crippen LogP contribution is 2.02. The van der Waals surface area contributed by atoms with E-state index < -0.39 is 5.97 Å². The van der Waals surface area contributed by atoms with Crippen molar-refractivity contribution in [1.82, 2.24) is 9.80 Å². The van der Waals surface area contributed by atoms with Gasteiger partial charge in [-0.1, -0.05) is 5.92 Å². The van der Waals surface area contributed by atoms with Gasteiger partial charge in [-0.15, -0.1) is 6.42 Å². The first-order valence-corrected chi connectivity index (χ1v) is 9.13. The fraction of sp³-hybridized carbons (Fsp3) is 0.833. The Bertz CT molecular complexity index is 394. The Morgan fingerprint density at radius 2 is 1.27 bits per heavy atom. The van der Waals surface area contributed by atoms with E-state index in [1.807, 2.05) is 0 Å². The van der Waals surface area contributed by atoms with E-state index in [2.05, 4.69) is 15.7 Å². The molecule has 0 bridgehead atoms. The van der Waals surface area contributed by atoms with Gasteiger partial charge in [0.05, 0.1) is 52.7 Å². The normalized spacial score (nSPS) is 15.8. The first-order valence-electron chi connectivity index (χ1n) is 9.13. The van der Waals surface area contributed by atoms with Crippen LogP contribution in [0.1, 0.15) is 6.42 Å². The fourth-order valence-electron chi connectivity index (χ4n) is 2.47. The van der Waals surface area contributed by atoms with E-state index in [9.17, 15) is 4.79 Å². The Hall–Kier alpha value is -1.21. The van der Waals surface area contributed by atoms with Crippen LogP contribution in [0.3, 0.4) is 0 Å². The fourth-order valence-corrected chi connectivity index (χ4v) is 2.47. The lowest BCUT2D eigenvalue weighted by Crippen LogP contribution is -2.47. The second-order valence-electron chi connectivity index (χ2n) is 5.92. The Morgan fingerprint density at radius 1 is 0.808 bits per heavy atom. The summed E-state index contributed by atoms with van der Waals surface area (Å²) >= 11 is 0. The predicted octanol–water partition coefficient (Wildman–Crippen LogP) is -0.222. The van der Waals surface area contributed by atoms with Crippen molar-refractivity contribution >= 4 is 5.97 Å². The molecule has 0 unspecified atom stereocenters. The van der Waals surface area contributed by atoms with Crippen LogP contribution < -0.4 is 0 Å². The maximum absolute atomic E-state index is 10.6. The number of piperazine rings is 1. The van der Waals surface area contributed by atoms with Crippen molar-refractivity contribution in [2.24, 2.45) is 0 Å². The van der Waals surface area contributed by atoms with Gasteiger partial charge in [-0.3, -0.25) is 9.69 Å². The average Bonchev–Trinajstić information content (AvgIpc) is 2.64. The zero-order valence-corrected chi connectivity index (χ0v) is 15.6. The van der Waals surface area contributed by atoms with Crippen LogP contribution in [0.4, 0.5) is 0 Å². The number of ether oxygens (including phenoxy) is 4. The SMILES string of the molecule is C#CCOCCOCCOCCOCCN1CCN(CCC(=O)O)CC1. The van der Waals surface area contributed by atoms with Gasteiger partial charge in [-0.25, -0.2) is 0 Å².